The second-order valence-corrected chi connectivity index (χ2v) is 11.3. The van der Waals surface area contributed by atoms with Crippen LogP contribution < -0.4 is 0 Å². The van der Waals surface area contributed by atoms with E-state index in [-0.39, 0.29) is 23.7 Å². The lowest BCUT2D eigenvalue weighted by molar-refractivity contribution is -0.137. The molecule has 172 valence electrons. The highest BCUT2D eigenvalue weighted by Crippen LogP contribution is 2.64. The number of carbonyl (C=O) groups excluding carboxylic acids is 1. The average molecular weight is 431 g/mol. The Morgan fingerprint density at radius 3 is 2.68 bits per heavy atom. The first-order valence-corrected chi connectivity index (χ1v) is 12.3. The molecule has 4 aliphatic rings. The number of ether oxygens (including phenoxy) is 1. The van der Waals surface area contributed by atoms with Crippen molar-refractivity contribution >= 4 is 5.78 Å². The van der Waals surface area contributed by atoms with Crippen molar-refractivity contribution in [2.45, 2.75) is 83.8 Å². The van der Waals surface area contributed by atoms with E-state index in [1.165, 1.54) is 30.5 Å². The molecule has 4 fully saturated rings. The molecule has 31 heavy (non-hydrogen) atoms. The molecule has 0 radical (unpaired) electrons. The summed E-state index contributed by atoms with van der Waals surface area (Å²) in [6, 6.07) is 0. The van der Waals surface area contributed by atoms with Crippen LogP contribution in [-0.4, -0.2) is 50.4 Å². The van der Waals surface area contributed by atoms with Crippen molar-refractivity contribution in [3.8, 4) is 0 Å². The molecule has 7 nitrogen and oxygen atoms in total. The fourth-order valence-electron chi connectivity index (χ4n) is 8.53. The molecule has 1 heterocycles. The Balaban J connectivity index is 1.28. The zero-order chi connectivity index (χ0) is 21.8. The Bertz CT molecular complexity index is 828. The van der Waals surface area contributed by atoms with Crippen LogP contribution in [0.2, 0.25) is 0 Å². The normalized spacial score (nSPS) is 44.4. The Kier molecular flexibility index (Phi) is 5.48. The van der Waals surface area contributed by atoms with Gasteiger partial charge in [-0.15, -0.1) is 10.2 Å². The van der Waals surface area contributed by atoms with Crippen molar-refractivity contribution in [2.24, 2.45) is 40.9 Å². The van der Waals surface area contributed by atoms with Gasteiger partial charge in [-0.1, -0.05) is 6.92 Å². The number of hydrogen-bond acceptors (Lipinski definition) is 6. The molecule has 1 aromatic heterocycles. The summed E-state index contributed by atoms with van der Waals surface area (Å²) in [6.45, 7) is 4.92. The Labute approximate surface area is 185 Å². The zero-order valence-electron chi connectivity index (χ0n) is 19.3. The summed E-state index contributed by atoms with van der Waals surface area (Å²) in [5.41, 5.74) is -0.503. The lowest BCUT2D eigenvalue weighted by Gasteiger charge is -2.57. The van der Waals surface area contributed by atoms with E-state index in [2.05, 4.69) is 22.3 Å². The van der Waals surface area contributed by atoms with Crippen molar-refractivity contribution < 1.29 is 14.6 Å². The van der Waals surface area contributed by atoms with Crippen LogP contribution >= 0.6 is 0 Å². The molecule has 4 aliphatic carbocycles. The first kappa shape index (κ1) is 21.5. The molecule has 0 aliphatic heterocycles. The number of aromatic nitrogens is 4. The summed E-state index contributed by atoms with van der Waals surface area (Å²) in [4.78, 5) is 14.7. The van der Waals surface area contributed by atoms with Crippen molar-refractivity contribution in [3.63, 3.8) is 0 Å². The maximum Gasteiger partial charge on any atom is 0.171 e. The van der Waals surface area contributed by atoms with Gasteiger partial charge < -0.3 is 9.84 Å². The number of methoxy groups -OCH3 is 1. The number of nitrogens with zero attached hydrogens (tertiary/aromatic N) is 4. The fraction of sp³-hybridized carbons (Fsp3) is 0.917. The summed E-state index contributed by atoms with van der Waals surface area (Å²) in [7, 11) is 1.70. The van der Waals surface area contributed by atoms with E-state index in [4.69, 9.17) is 4.74 Å². The summed E-state index contributed by atoms with van der Waals surface area (Å²) < 4.78 is 5.32. The predicted octanol–water partition coefficient (Wildman–Crippen LogP) is 3.20. The molecule has 1 unspecified atom stereocenters. The zero-order valence-corrected chi connectivity index (χ0v) is 19.3. The third-order valence-electron chi connectivity index (χ3n) is 9.76. The van der Waals surface area contributed by atoms with E-state index in [1.807, 2.05) is 0 Å². The average Bonchev–Trinajstić information content (AvgIpc) is 3.29. The van der Waals surface area contributed by atoms with Gasteiger partial charge in [-0.3, -0.25) is 4.79 Å². The number of tetrazole rings is 1. The van der Waals surface area contributed by atoms with Gasteiger partial charge in [0, 0.05) is 13.0 Å². The highest BCUT2D eigenvalue weighted by atomic mass is 16.5. The quantitative estimate of drug-likeness (QED) is 0.771. The van der Waals surface area contributed by atoms with E-state index in [0.717, 1.165) is 49.9 Å². The van der Waals surface area contributed by atoms with Crippen LogP contribution in [0.25, 0.3) is 0 Å². The van der Waals surface area contributed by atoms with Gasteiger partial charge in [-0.05, 0) is 105 Å². The third-order valence-corrected chi connectivity index (χ3v) is 9.76. The fourth-order valence-corrected chi connectivity index (χ4v) is 8.53. The molecule has 5 rings (SSSR count). The summed E-state index contributed by atoms with van der Waals surface area (Å²) in [6.07, 6.45) is 10.00. The van der Waals surface area contributed by atoms with Gasteiger partial charge in [0.1, 0.15) is 6.54 Å². The smallest absolute Gasteiger partial charge is 0.171 e. The highest BCUT2D eigenvalue weighted by Gasteiger charge is 2.59. The van der Waals surface area contributed by atoms with Crippen LogP contribution in [0.1, 0.15) is 70.5 Å². The minimum Gasteiger partial charge on any atom is -0.387 e. The number of hydrogen-bond donors (Lipinski definition) is 1. The molecule has 1 aromatic rings. The standard InChI is InChI=1S/C24H38N4O3/c1-15-25-27-28(26-15)13-22(29)21-7-6-20-19-5-4-16-12-24(30,14-31-3)11-9-17(16)18(19)8-10-23(20,21)2/h16-21,30H,4-14H2,1-3H3/t16-,17+,18-,19-,20+,21?,23+,24-/m1/s1. The van der Waals surface area contributed by atoms with Crippen LogP contribution in [0.15, 0.2) is 0 Å². The molecule has 7 heteroatoms. The van der Waals surface area contributed by atoms with E-state index in [0.29, 0.717) is 24.3 Å². The van der Waals surface area contributed by atoms with Crippen LogP contribution in [0.5, 0.6) is 0 Å². The summed E-state index contributed by atoms with van der Waals surface area (Å²) in [5.74, 6) is 4.60. The van der Waals surface area contributed by atoms with Gasteiger partial charge in [-0.2, -0.15) is 4.80 Å². The predicted molar refractivity (Wildman–Crippen MR) is 115 cm³/mol. The first-order chi connectivity index (χ1) is 14.8. The highest BCUT2D eigenvalue weighted by molar-refractivity contribution is 5.81. The van der Waals surface area contributed by atoms with Crippen LogP contribution in [0, 0.1) is 47.8 Å². The van der Waals surface area contributed by atoms with Crippen LogP contribution in [-0.2, 0) is 16.1 Å². The molecular formula is C24H38N4O3. The van der Waals surface area contributed by atoms with Crippen molar-refractivity contribution in [1.29, 1.82) is 0 Å². The molecule has 0 saturated heterocycles. The SMILES string of the molecule is COC[C@@]1(O)CC[C@H]2[C@H](CC[C@@H]3[C@@H]2CC[C@]2(C)C(C(=O)Cn4nnc(C)n4)CC[C@@H]32)C1. The minimum absolute atomic E-state index is 0.117. The van der Waals surface area contributed by atoms with E-state index >= 15 is 0 Å². The third kappa shape index (κ3) is 3.65. The molecule has 0 aromatic carbocycles. The van der Waals surface area contributed by atoms with Gasteiger partial charge in [0.15, 0.2) is 11.6 Å². The van der Waals surface area contributed by atoms with E-state index in [9.17, 15) is 9.90 Å². The monoisotopic (exact) mass is 430 g/mol. The number of aryl methyl sites for hydroxylation is 1. The second-order valence-electron chi connectivity index (χ2n) is 11.3. The number of rotatable bonds is 5. The second kappa shape index (κ2) is 7.91. The van der Waals surface area contributed by atoms with Gasteiger partial charge in [0.05, 0.1) is 12.2 Å². The van der Waals surface area contributed by atoms with Crippen LogP contribution in [0.4, 0.5) is 0 Å². The van der Waals surface area contributed by atoms with Crippen LogP contribution in [0.3, 0.4) is 0 Å². The van der Waals surface area contributed by atoms with E-state index in [1.54, 1.807) is 14.0 Å². The molecular weight excluding hydrogens is 392 g/mol. The Hall–Kier alpha value is -1.34. The number of carbonyl (C=O) groups is 1. The van der Waals surface area contributed by atoms with Gasteiger partial charge in [-0.25, -0.2) is 0 Å². The molecule has 8 atom stereocenters. The molecule has 0 bridgehead atoms. The van der Waals surface area contributed by atoms with Crippen molar-refractivity contribution in [2.75, 3.05) is 13.7 Å². The van der Waals surface area contributed by atoms with Gasteiger partial charge in [0.25, 0.3) is 0 Å². The number of fused-ring (bicyclic) bond motifs is 5. The van der Waals surface area contributed by atoms with Gasteiger partial charge >= 0.3 is 0 Å². The summed E-state index contributed by atoms with van der Waals surface area (Å²) in [5, 5.41) is 23.1. The molecule has 4 saturated carbocycles. The first-order valence-electron chi connectivity index (χ1n) is 12.3. The maximum absolute atomic E-state index is 13.2. The van der Waals surface area contributed by atoms with E-state index < -0.39 is 5.60 Å². The number of ketones is 1. The molecule has 0 amide bonds. The number of aliphatic hydroxyl groups is 1. The minimum atomic E-state index is -0.620. The molecule has 1 N–H and O–H groups in total. The Morgan fingerprint density at radius 1 is 1.13 bits per heavy atom. The Morgan fingerprint density at radius 2 is 1.94 bits per heavy atom. The largest absolute Gasteiger partial charge is 0.387 e. The lowest BCUT2D eigenvalue weighted by Crippen LogP contribution is -2.52. The van der Waals surface area contributed by atoms with Gasteiger partial charge in [0.2, 0.25) is 0 Å². The number of Topliss-reactive ketones (excluding diaryl/α,β-unsaturated/α-hetero) is 1. The van der Waals surface area contributed by atoms with Crippen molar-refractivity contribution in [1.82, 2.24) is 20.2 Å². The molecule has 0 spiro atoms. The maximum atomic E-state index is 13.2. The lowest BCUT2D eigenvalue weighted by atomic mass is 9.49. The topological polar surface area (TPSA) is 90.1 Å². The van der Waals surface area contributed by atoms with Crippen molar-refractivity contribution in [3.05, 3.63) is 5.82 Å². The summed E-state index contributed by atoms with van der Waals surface area (Å²) >= 11 is 0.